The lowest BCUT2D eigenvalue weighted by molar-refractivity contribution is 0.0460. The van der Waals surface area contributed by atoms with Gasteiger partial charge in [0.2, 0.25) is 0 Å². The van der Waals surface area contributed by atoms with Crippen LogP contribution in [-0.4, -0.2) is 36.1 Å². The lowest BCUT2D eigenvalue weighted by Crippen LogP contribution is -2.50. The lowest BCUT2D eigenvalue weighted by Gasteiger charge is -2.42. The van der Waals surface area contributed by atoms with E-state index in [0.717, 1.165) is 16.9 Å². The van der Waals surface area contributed by atoms with Crippen LogP contribution in [0.25, 0.3) is 12.2 Å². The Kier molecular flexibility index (Phi) is 10.5. The SMILES string of the molecule is COCOc1cc(/C=C/c2ccc(O[Si](C(C)C)(C(C)C)C(C)C)cc2)cc(OCOC)c1. The molecule has 2 aromatic rings. The molecule has 0 saturated heterocycles. The van der Waals surface area contributed by atoms with Gasteiger partial charge in [-0.25, -0.2) is 0 Å². The van der Waals surface area contributed by atoms with Crippen LogP contribution >= 0.6 is 0 Å². The zero-order valence-electron chi connectivity index (χ0n) is 21.4. The normalized spacial score (nSPS) is 12.2. The molecule has 0 N–H and O–H groups in total. The quantitative estimate of drug-likeness (QED) is 0.173. The van der Waals surface area contributed by atoms with Crippen molar-refractivity contribution in [1.29, 1.82) is 0 Å². The Labute approximate surface area is 200 Å². The molecular weight excluding hydrogens is 432 g/mol. The molecule has 0 radical (unpaired) electrons. The van der Waals surface area contributed by atoms with Gasteiger partial charge in [0.25, 0.3) is 8.32 Å². The highest BCUT2D eigenvalue weighted by atomic mass is 28.4. The highest BCUT2D eigenvalue weighted by Crippen LogP contribution is 2.42. The van der Waals surface area contributed by atoms with Gasteiger partial charge in [0, 0.05) is 20.3 Å². The van der Waals surface area contributed by atoms with E-state index >= 15 is 0 Å². The summed E-state index contributed by atoms with van der Waals surface area (Å²) in [7, 11) is 1.23. The number of hydrogen-bond acceptors (Lipinski definition) is 5. The molecule has 0 spiro atoms. The lowest BCUT2D eigenvalue weighted by atomic mass is 10.1. The topological polar surface area (TPSA) is 46.2 Å². The standard InChI is InChI=1S/C27H40O5Si/c1-20(2)33(21(3)4,22(5)6)32-25-13-11-23(12-14-25)9-10-24-15-26(30-18-28-7)17-27(16-24)31-19-29-8/h9-17,20-22H,18-19H2,1-8H3/b10-9+. The minimum absolute atomic E-state index is 0.173. The Morgan fingerprint density at radius 1 is 0.636 bits per heavy atom. The first-order valence-corrected chi connectivity index (χ1v) is 13.7. The van der Waals surface area contributed by atoms with Crippen molar-refractivity contribution < 1.29 is 23.4 Å². The minimum atomic E-state index is -1.96. The van der Waals surface area contributed by atoms with Crippen molar-refractivity contribution in [3.63, 3.8) is 0 Å². The van der Waals surface area contributed by atoms with Gasteiger partial charge in [-0.05, 0) is 52.0 Å². The van der Waals surface area contributed by atoms with Crippen molar-refractivity contribution in [2.45, 2.75) is 58.2 Å². The van der Waals surface area contributed by atoms with Crippen molar-refractivity contribution in [2.75, 3.05) is 27.8 Å². The van der Waals surface area contributed by atoms with Crippen LogP contribution < -0.4 is 13.9 Å². The van der Waals surface area contributed by atoms with E-state index in [2.05, 4.69) is 71.9 Å². The zero-order valence-corrected chi connectivity index (χ0v) is 22.4. The van der Waals surface area contributed by atoms with E-state index in [1.807, 2.05) is 24.3 Å². The summed E-state index contributed by atoms with van der Waals surface area (Å²) in [5.74, 6) is 2.30. The predicted octanol–water partition coefficient (Wildman–Crippen LogP) is 7.38. The molecule has 6 heteroatoms. The maximum Gasteiger partial charge on any atom is 0.258 e. The van der Waals surface area contributed by atoms with E-state index in [-0.39, 0.29) is 13.6 Å². The molecule has 0 amide bonds. The van der Waals surface area contributed by atoms with Crippen LogP contribution in [0.5, 0.6) is 17.2 Å². The van der Waals surface area contributed by atoms with Gasteiger partial charge in [0.15, 0.2) is 13.6 Å². The average Bonchev–Trinajstić information content (AvgIpc) is 2.78. The summed E-state index contributed by atoms with van der Waals surface area (Å²) < 4.78 is 28.0. The summed E-state index contributed by atoms with van der Waals surface area (Å²) in [6.07, 6.45) is 4.10. The van der Waals surface area contributed by atoms with Crippen LogP contribution in [0.3, 0.4) is 0 Å². The molecule has 0 aromatic heterocycles. The molecule has 0 aliphatic heterocycles. The van der Waals surface area contributed by atoms with Gasteiger partial charge in [-0.15, -0.1) is 0 Å². The fourth-order valence-corrected chi connectivity index (χ4v) is 9.76. The van der Waals surface area contributed by atoms with Crippen LogP contribution in [-0.2, 0) is 9.47 Å². The van der Waals surface area contributed by atoms with E-state index in [9.17, 15) is 0 Å². The van der Waals surface area contributed by atoms with E-state index in [1.165, 1.54) is 0 Å². The number of ether oxygens (including phenoxy) is 4. The molecular formula is C27H40O5Si. The summed E-state index contributed by atoms with van der Waals surface area (Å²) in [6.45, 7) is 14.2. The van der Waals surface area contributed by atoms with E-state index in [1.54, 1.807) is 14.2 Å². The largest absolute Gasteiger partial charge is 0.543 e. The second kappa shape index (κ2) is 12.8. The maximum atomic E-state index is 6.77. The Balaban J connectivity index is 2.20. The fraction of sp³-hybridized carbons (Fsp3) is 0.481. The van der Waals surface area contributed by atoms with Crippen molar-refractivity contribution in [1.82, 2.24) is 0 Å². The van der Waals surface area contributed by atoms with Gasteiger partial charge in [-0.1, -0.05) is 65.8 Å². The van der Waals surface area contributed by atoms with Gasteiger partial charge in [-0.2, -0.15) is 0 Å². The van der Waals surface area contributed by atoms with E-state index in [4.69, 9.17) is 23.4 Å². The molecule has 182 valence electrons. The van der Waals surface area contributed by atoms with Crippen LogP contribution in [0.2, 0.25) is 16.6 Å². The molecule has 5 nitrogen and oxygen atoms in total. The first kappa shape index (κ1) is 27.0. The van der Waals surface area contributed by atoms with Gasteiger partial charge >= 0.3 is 0 Å². The van der Waals surface area contributed by atoms with Crippen LogP contribution in [0.15, 0.2) is 42.5 Å². The highest BCUT2D eigenvalue weighted by molar-refractivity contribution is 6.78. The molecule has 0 aliphatic rings. The number of hydrogen-bond donors (Lipinski definition) is 0. The van der Waals surface area contributed by atoms with Crippen LogP contribution in [0, 0.1) is 0 Å². The summed E-state index contributed by atoms with van der Waals surface area (Å²) in [5, 5.41) is 0. The number of methoxy groups -OCH3 is 2. The van der Waals surface area contributed by atoms with E-state index < -0.39 is 8.32 Å². The first-order valence-electron chi connectivity index (χ1n) is 11.6. The molecule has 2 rings (SSSR count). The maximum absolute atomic E-state index is 6.77. The van der Waals surface area contributed by atoms with Crippen molar-refractivity contribution in [2.24, 2.45) is 0 Å². The van der Waals surface area contributed by atoms with Gasteiger partial charge in [-0.3, -0.25) is 0 Å². The van der Waals surface area contributed by atoms with Crippen molar-refractivity contribution in [3.05, 3.63) is 53.6 Å². The second-order valence-corrected chi connectivity index (χ2v) is 14.5. The first-order chi connectivity index (χ1) is 15.7. The molecule has 0 bridgehead atoms. The smallest absolute Gasteiger partial charge is 0.258 e. The Bertz CT molecular complexity index is 827. The molecule has 2 aromatic carbocycles. The number of rotatable bonds is 13. The zero-order chi connectivity index (χ0) is 24.4. The predicted molar refractivity (Wildman–Crippen MR) is 138 cm³/mol. The summed E-state index contributed by atoms with van der Waals surface area (Å²) in [6, 6.07) is 14.1. The summed E-state index contributed by atoms with van der Waals surface area (Å²) in [5.41, 5.74) is 3.68. The molecule has 0 unspecified atom stereocenters. The fourth-order valence-electron chi connectivity index (χ4n) is 4.51. The monoisotopic (exact) mass is 472 g/mol. The second-order valence-electron chi connectivity index (χ2n) is 9.16. The molecule has 0 atom stereocenters. The average molecular weight is 473 g/mol. The van der Waals surface area contributed by atoms with Gasteiger partial charge in [0.1, 0.15) is 17.2 Å². The number of benzene rings is 2. The third-order valence-corrected chi connectivity index (χ3v) is 11.9. The molecule has 0 aliphatic carbocycles. The van der Waals surface area contributed by atoms with Crippen molar-refractivity contribution in [3.8, 4) is 17.2 Å². The summed E-state index contributed by atoms with van der Waals surface area (Å²) in [4.78, 5) is 0. The molecule has 0 heterocycles. The Morgan fingerprint density at radius 2 is 1.09 bits per heavy atom. The Hall–Kier alpha value is -2.28. The van der Waals surface area contributed by atoms with Gasteiger partial charge in [0.05, 0.1) is 0 Å². The Morgan fingerprint density at radius 3 is 1.52 bits per heavy atom. The van der Waals surface area contributed by atoms with Gasteiger partial charge < -0.3 is 23.4 Å². The molecule has 0 fully saturated rings. The van der Waals surface area contributed by atoms with Crippen LogP contribution in [0.1, 0.15) is 52.7 Å². The van der Waals surface area contributed by atoms with E-state index in [0.29, 0.717) is 28.1 Å². The minimum Gasteiger partial charge on any atom is -0.543 e. The highest BCUT2D eigenvalue weighted by Gasteiger charge is 2.46. The van der Waals surface area contributed by atoms with Crippen LogP contribution in [0.4, 0.5) is 0 Å². The molecule has 0 saturated carbocycles. The third-order valence-electron chi connectivity index (χ3n) is 5.94. The summed E-state index contributed by atoms with van der Waals surface area (Å²) >= 11 is 0. The third kappa shape index (κ3) is 7.35. The molecule has 33 heavy (non-hydrogen) atoms. The van der Waals surface area contributed by atoms with Crippen molar-refractivity contribution >= 4 is 20.5 Å².